The van der Waals surface area contributed by atoms with Gasteiger partial charge >= 0.3 is 0 Å². The Kier molecular flexibility index (Phi) is 9.44. The zero-order valence-electron chi connectivity index (χ0n) is 32.0. The number of aryl methyl sites for hydroxylation is 2. The highest BCUT2D eigenvalue weighted by Gasteiger charge is 2.32. The van der Waals surface area contributed by atoms with Crippen LogP contribution in [0.4, 0.5) is 17.6 Å². The Morgan fingerprint density at radius 3 is 1.77 bits per heavy atom. The molecule has 4 aromatic carbocycles. The van der Waals surface area contributed by atoms with Crippen LogP contribution in [-0.2, 0) is 6.67 Å². The number of carbonyl (C=O) groups is 2. The molecular weight excluding hydrogens is 748 g/mol. The molecule has 2 aliphatic heterocycles. The van der Waals surface area contributed by atoms with Crippen LogP contribution in [0.2, 0.25) is 0 Å². The average Bonchev–Trinajstić information content (AvgIpc) is 3.64. The number of carbonyl (C=O) groups excluding carboxylic acids is 2. The standard InChI is InChI=1S/C41H38F4N6O6/c1-20-46-28-11-22(40(52)48(3)4)14-35(57-31-8-10-55-33-18-25(43)16-27(45)37(31)33)39(28)51(20)19-50-21(2)47-38-29(50)12-23(41(53)49(5)6)13-34(38)56-30-7-9-54-32-17-24(42)15-26(44)36(30)32/h11-18,30-31H,7-10,19H2,1-6H3/t30-,31-/m0/s1. The van der Waals surface area contributed by atoms with Crippen molar-refractivity contribution in [2.75, 3.05) is 41.4 Å². The number of benzene rings is 4. The fourth-order valence-corrected chi connectivity index (χ4v) is 7.46. The molecule has 0 saturated heterocycles. The Morgan fingerprint density at radius 1 is 0.702 bits per heavy atom. The summed E-state index contributed by atoms with van der Waals surface area (Å²) in [6.07, 6.45) is -1.27. The smallest absolute Gasteiger partial charge is 0.253 e. The molecule has 0 unspecified atom stereocenters. The third-order valence-corrected chi connectivity index (χ3v) is 10.2. The van der Waals surface area contributed by atoms with E-state index in [0.29, 0.717) is 33.7 Å². The zero-order valence-corrected chi connectivity index (χ0v) is 32.0. The van der Waals surface area contributed by atoms with E-state index in [2.05, 4.69) is 0 Å². The molecule has 0 bridgehead atoms. The van der Waals surface area contributed by atoms with Gasteiger partial charge in [0.25, 0.3) is 11.8 Å². The number of hydrogen-bond acceptors (Lipinski definition) is 8. The van der Waals surface area contributed by atoms with Gasteiger partial charge in [-0.05, 0) is 38.1 Å². The van der Waals surface area contributed by atoms with Crippen molar-refractivity contribution in [3.8, 4) is 23.0 Å². The van der Waals surface area contributed by atoms with E-state index >= 15 is 8.78 Å². The maximum Gasteiger partial charge on any atom is 0.253 e. The van der Waals surface area contributed by atoms with Gasteiger partial charge in [-0.15, -0.1) is 0 Å². The first kappa shape index (κ1) is 37.6. The average molecular weight is 787 g/mol. The lowest BCUT2D eigenvalue weighted by Crippen LogP contribution is -2.23. The van der Waals surface area contributed by atoms with Crippen LogP contribution in [-0.4, -0.2) is 82.1 Å². The van der Waals surface area contributed by atoms with Gasteiger partial charge in [0.1, 0.15) is 87.8 Å². The Bertz CT molecular complexity index is 2620. The topological polar surface area (TPSA) is 113 Å². The van der Waals surface area contributed by atoms with Crippen LogP contribution in [0, 0.1) is 37.1 Å². The second kappa shape index (κ2) is 14.3. The minimum Gasteiger partial charge on any atom is -0.493 e. The van der Waals surface area contributed by atoms with Gasteiger partial charge < -0.3 is 37.9 Å². The van der Waals surface area contributed by atoms with Crippen molar-refractivity contribution in [1.29, 1.82) is 0 Å². The van der Waals surface area contributed by atoms with Crippen molar-refractivity contribution in [2.45, 2.75) is 45.6 Å². The molecule has 0 saturated carbocycles. The molecule has 0 spiro atoms. The number of ether oxygens (including phenoxy) is 4. The summed E-state index contributed by atoms with van der Waals surface area (Å²) in [5, 5.41) is 0. The number of amides is 2. The Morgan fingerprint density at radius 2 is 1.21 bits per heavy atom. The summed E-state index contributed by atoms with van der Waals surface area (Å²) in [7, 11) is 6.47. The fraction of sp³-hybridized carbons (Fsp3) is 0.317. The molecular formula is C41H38F4N6O6. The summed E-state index contributed by atoms with van der Waals surface area (Å²) >= 11 is 0. The molecule has 8 rings (SSSR count). The van der Waals surface area contributed by atoms with E-state index in [0.717, 1.165) is 24.3 Å². The number of hydrogen-bond donors (Lipinski definition) is 0. The highest BCUT2D eigenvalue weighted by Crippen LogP contribution is 2.42. The first-order chi connectivity index (χ1) is 27.2. The van der Waals surface area contributed by atoms with Crippen molar-refractivity contribution in [2.24, 2.45) is 0 Å². The maximum absolute atomic E-state index is 15.3. The number of aromatic nitrogens is 4. The SMILES string of the molecule is Cc1nc2c(O[C@H]3CCOc4cc(F)cc(F)c43)cc(C(=O)N(C)C)cc2n1Cn1c(C)nc2cc(C(=O)N(C)C)cc(O[C@H]3CCOc4cc(F)cc(F)c43)c21. The fourth-order valence-electron chi connectivity index (χ4n) is 7.46. The highest BCUT2D eigenvalue weighted by molar-refractivity contribution is 6.00. The van der Waals surface area contributed by atoms with Crippen LogP contribution < -0.4 is 18.9 Å². The number of halogens is 4. The second-order valence-electron chi connectivity index (χ2n) is 14.5. The number of fused-ring (bicyclic) bond motifs is 4. The van der Waals surface area contributed by atoms with Gasteiger partial charge in [0.15, 0.2) is 0 Å². The quantitative estimate of drug-likeness (QED) is 0.148. The largest absolute Gasteiger partial charge is 0.493 e. The zero-order chi connectivity index (χ0) is 40.4. The van der Waals surface area contributed by atoms with E-state index in [9.17, 15) is 18.4 Å². The molecule has 0 aliphatic carbocycles. The molecule has 2 atom stereocenters. The lowest BCUT2D eigenvalue weighted by molar-refractivity contribution is 0.0819. The van der Waals surface area contributed by atoms with Crippen molar-refractivity contribution in [1.82, 2.24) is 28.9 Å². The Hall–Kier alpha value is -6.32. The first-order valence-electron chi connectivity index (χ1n) is 18.2. The van der Waals surface area contributed by atoms with E-state index in [1.54, 1.807) is 66.3 Å². The molecule has 12 nitrogen and oxygen atoms in total. The number of nitrogens with zero attached hydrogens (tertiary/aromatic N) is 6. The lowest BCUT2D eigenvalue weighted by atomic mass is 10.0. The molecule has 16 heteroatoms. The van der Waals surface area contributed by atoms with Crippen molar-refractivity contribution >= 4 is 33.9 Å². The van der Waals surface area contributed by atoms with Crippen LogP contribution in [0.15, 0.2) is 48.5 Å². The van der Waals surface area contributed by atoms with E-state index in [4.69, 9.17) is 28.9 Å². The van der Waals surface area contributed by atoms with Gasteiger partial charge in [0.05, 0.1) is 35.4 Å². The lowest BCUT2D eigenvalue weighted by Gasteiger charge is -2.28. The van der Waals surface area contributed by atoms with E-state index in [1.165, 1.54) is 9.80 Å². The van der Waals surface area contributed by atoms with E-state index < -0.39 is 35.5 Å². The van der Waals surface area contributed by atoms with Crippen LogP contribution in [0.3, 0.4) is 0 Å². The predicted octanol–water partition coefficient (Wildman–Crippen LogP) is 7.27. The molecule has 2 amide bonds. The van der Waals surface area contributed by atoms with Crippen molar-refractivity contribution < 1.29 is 46.1 Å². The molecule has 6 aromatic rings. The minimum absolute atomic E-state index is 0.0333. The van der Waals surface area contributed by atoms with Crippen molar-refractivity contribution in [3.63, 3.8) is 0 Å². The second-order valence-corrected chi connectivity index (χ2v) is 14.5. The molecule has 296 valence electrons. The molecule has 0 radical (unpaired) electrons. The van der Waals surface area contributed by atoms with Gasteiger partial charge in [-0.3, -0.25) is 9.59 Å². The third-order valence-electron chi connectivity index (χ3n) is 10.2. The summed E-state index contributed by atoms with van der Waals surface area (Å²) in [5.41, 5.74) is 2.48. The van der Waals surface area contributed by atoms with Gasteiger partial charge in [-0.25, -0.2) is 27.5 Å². The van der Waals surface area contributed by atoms with Crippen LogP contribution >= 0.6 is 0 Å². The summed E-state index contributed by atoms with van der Waals surface area (Å²) < 4.78 is 86.7. The molecule has 57 heavy (non-hydrogen) atoms. The first-order valence-corrected chi connectivity index (χ1v) is 18.2. The summed E-state index contributed by atoms with van der Waals surface area (Å²) in [6.45, 7) is 3.94. The molecule has 0 fully saturated rings. The van der Waals surface area contributed by atoms with E-state index in [1.807, 2.05) is 9.13 Å². The summed E-state index contributed by atoms with van der Waals surface area (Å²) in [6, 6.07) is 10.3. The van der Waals surface area contributed by atoms with Gasteiger partial charge in [0.2, 0.25) is 0 Å². The number of rotatable bonds is 8. The molecule has 2 aliphatic rings. The Labute approximate surface area is 324 Å². The maximum atomic E-state index is 15.3. The monoisotopic (exact) mass is 786 g/mol. The third kappa shape index (κ3) is 6.72. The Balaban J connectivity index is 1.26. The summed E-state index contributed by atoms with van der Waals surface area (Å²) in [5.74, 6) is -2.27. The molecule has 4 heterocycles. The molecule has 0 N–H and O–H groups in total. The normalized spacial score (nSPS) is 16.1. The van der Waals surface area contributed by atoms with Crippen LogP contribution in [0.25, 0.3) is 22.1 Å². The minimum atomic E-state index is -0.891. The summed E-state index contributed by atoms with van der Waals surface area (Å²) in [4.78, 5) is 39.3. The van der Waals surface area contributed by atoms with Gasteiger partial charge in [-0.2, -0.15) is 0 Å². The predicted molar refractivity (Wildman–Crippen MR) is 200 cm³/mol. The van der Waals surface area contributed by atoms with Crippen molar-refractivity contribution in [3.05, 3.63) is 106 Å². The highest BCUT2D eigenvalue weighted by atomic mass is 19.1. The van der Waals surface area contributed by atoms with Crippen LogP contribution in [0.5, 0.6) is 23.0 Å². The van der Waals surface area contributed by atoms with Gasteiger partial charge in [-0.1, -0.05) is 0 Å². The molecule has 2 aromatic heterocycles. The number of imidazole rings is 2. The van der Waals surface area contributed by atoms with Crippen LogP contribution in [0.1, 0.15) is 68.5 Å². The van der Waals surface area contributed by atoms with E-state index in [-0.39, 0.29) is 89.8 Å². The van der Waals surface area contributed by atoms with Gasteiger partial charge in [0, 0.05) is 76.4 Å².